The minimum atomic E-state index is -1.31. The number of aliphatic carboxylic acids is 1. The van der Waals surface area contributed by atoms with Gasteiger partial charge in [0.25, 0.3) is 8.53 Å². The number of aliphatic hydroxyl groups excluding tert-OH is 2. The van der Waals surface area contributed by atoms with Gasteiger partial charge in [0.15, 0.2) is 0 Å². The topological polar surface area (TPSA) is 596 Å². The number of aliphatic hydroxyl groups is 2. The van der Waals surface area contributed by atoms with Crippen LogP contribution >= 0.6 is 27.4 Å². The molecule has 0 saturated carbocycles. The molecule has 0 radical (unpaired) electrons. The smallest absolute Gasteiger partial charge is 0.303 e. The molecule has 3 fully saturated rings. The number of rotatable bonds is 70. The molecule has 3 saturated heterocycles. The summed E-state index contributed by atoms with van der Waals surface area (Å²) in [5.74, 6) is -3.19. The fourth-order valence-corrected chi connectivity index (χ4v) is 16.4. The number of carbonyl (C=O) groups excluding carboxylic acids is 14. The molecule has 45 nitrogen and oxygen atoms in total. The van der Waals surface area contributed by atoms with Crippen molar-refractivity contribution in [2.24, 2.45) is 17.8 Å². The van der Waals surface area contributed by atoms with Gasteiger partial charge in [-0.25, -0.2) is 9.34 Å². The lowest BCUT2D eigenvalue weighted by Gasteiger charge is -2.35. The van der Waals surface area contributed by atoms with Crippen molar-refractivity contribution in [2.45, 2.75) is 260 Å². The molecule has 0 aliphatic carbocycles. The highest BCUT2D eigenvalue weighted by Gasteiger charge is 2.30. The van der Waals surface area contributed by atoms with Crippen LogP contribution in [0.3, 0.4) is 0 Å². The molecule has 0 aromatic carbocycles. The molecule has 0 aromatic heterocycles. The van der Waals surface area contributed by atoms with Gasteiger partial charge in [-0.1, -0.05) is 64.8 Å². The molecule has 48 heteroatoms. The molecule has 3 rings (SSSR count). The molecule has 3 aliphatic heterocycles. The molecule has 822 valence electrons. The number of nitriles is 2. The summed E-state index contributed by atoms with van der Waals surface area (Å²) in [6.45, 7) is 33.3. The van der Waals surface area contributed by atoms with Crippen LogP contribution in [0.5, 0.6) is 0 Å². The molecule has 0 bridgehead atoms. The van der Waals surface area contributed by atoms with Gasteiger partial charge in [0, 0.05) is 128 Å². The number of unbranched alkanes of at least 4 members (excludes halogenated alkanes) is 3. The molecule has 14 amide bonds. The lowest BCUT2D eigenvalue weighted by Crippen LogP contribution is -2.44. The van der Waals surface area contributed by atoms with Crippen LogP contribution in [0.4, 0.5) is 0 Å². The number of halogens is 1. The van der Waals surface area contributed by atoms with Crippen molar-refractivity contribution in [3.05, 3.63) is 0 Å². The van der Waals surface area contributed by atoms with Crippen LogP contribution < -0.4 is 58.5 Å². The van der Waals surface area contributed by atoms with Crippen LogP contribution in [0, 0.1) is 40.4 Å². The Morgan fingerprint density at radius 2 is 0.596 bits per heavy atom. The zero-order chi connectivity index (χ0) is 102. The van der Waals surface area contributed by atoms with Gasteiger partial charge in [-0.05, 0) is 142 Å². The van der Waals surface area contributed by atoms with Gasteiger partial charge in [0.05, 0.1) is 190 Å². The maximum Gasteiger partial charge on any atom is 0.303 e. The van der Waals surface area contributed by atoms with E-state index in [0.717, 1.165) is 58.5 Å². The molecule has 3 aliphatic rings. The van der Waals surface area contributed by atoms with E-state index < -0.39 is 63.5 Å². The molecule has 0 spiro atoms. The van der Waals surface area contributed by atoms with Crippen LogP contribution in [-0.2, 0) is 114 Å². The second-order valence-corrected chi connectivity index (χ2v) is 36.4. The summed E-state index contributed by atoms with van der Waals surface area (Å²) in [5, 5.41) is 69.7. The number of carbonyl (C=O) groups is 15. The number of hydrogen-bond acceptors (Lipinski definition) is 30. The van der Waals surface area contributed by atoms with E-state index in [1.54, 1.807) is 6.92 Å². The molecule has 3 heterocycles. The summed E-state index contributed by atoms with van der Waals surface area (Å²) in [7, 11) is -2.39. The number of ether oxygens (including phenoxy) is 6. The highest BCUT2D eigenvalue weighted by Crippen LogP contribution is 2.49. The predicted octanol–water partition coefficient (Wildman–Crippen LogP) is 5.06. The van der Waals surface area contributed by atoms with E-state index in [1.807, 2.05) is 20.8 Å². The number of nitrogens with zero attached hydrogens (tertiary/aromatic N) is 7. The fraction of sp³-hybridized carbons (Fsp3) is 0.817. The third kappa shape index (κ3) is 85.8. The number of carboxylic acid groups (broad SMARTS) is 1. The van der Waals surface area contributed by atoms with E-state index in [-0.39, 0.29) is 215 Å². The van der Waals surface area contributed by atoms with Crippen LogP contribution in [0.25, 0.3) is 0 Å². The van der Waals surface area contributed by atoms with Gasteiger partial charge in [0.1, 0.15) is 0 Å². The summed E-state index contributed by atoms with van der Waals surface area (Å²) in [6.07, 6.45) is 9.71. The standard InChI is InChI=1S/C32H58N7O9P.C23H41N5O8.C13H25N3O6.C11H19NO3.C9H18ClN2OP.5CH4/c1-25(2)39(26(3)4)49(47-15-8-12-33)48-20-19-46-18-17-45-16-13-34-29(41)21-36-31(43)23-37-30(42)22-35-28(40)9-6-7-10-32(44)38-14-11-27(5)24-38;1-18-6-8-28(17-18)23(34)5-3-2-4-19(30)25-15-21(32)27-16-22(33)26-14-20(31)24-7-10-35-12-13-36-11-9-29;1-2-11(18)15-10-13(20)16-9-12(19)14-3-5-21-7-8-22-6-4-17;1-9-6-7-12(8-9)10(13)4-2-3-5-11(14)15;1-8(2)12(9(3)4)14(10)13-7-5-6-11;;;;;/h25-27H,6-11,13-24H2,1-5H3,(H,34,41)(H,35,40)(H,36,43)(H,37,42);18,29H,2-17H2,1H3,(H,24,31)(H,25,30)(H,26,33)(H,27,32);17H,2-10H2,1H3,(H,14,19)(H,15,18)(H,16,20);9H,2-8H2,1H3,(H,14,15);8-9H,5,7H2,1-4H3;5*1H4/t27-,49?;18-;;9-;;;;;;/m00.0....../s1. The van der Waals surface area contributed by atoms with Gasteiger partial charge >= 0.3 is 5.97 Å². The van der Waals surface area contributed by atoms with Crippen molar-refractivity contribution >= 4 is 116 Å². The van der Waals surface area contributed by atoms with Crippen LogP contribution in [-0.4, -0.2) is 376 Å². The van der Waals surface area contributed by atoms with E-state index in [9.17, 15) is 71.9 Å². The zero-order valence-corrected chi connectivity index (χ0v) is 84.9. The van der Waals surface area contributed by atoms with E-state index in [1.165, 1.54) is 0 Å². The van der Waals surface area contributed by atoms with Crippen molar-refractivity contribution in [1.29, 1.82) is 10.5 Å². The molecular weight excluding hydrogens is 1900 g/mol. The van der Waals surface area contributed by atoms with E-state index in [2.05, 4.69) is 150 Å². The molecule has 141 heavy (non-hydrogen) atoms. The molecular formula is C93H181ClN18O27P2. The van der Waals surface area contributed by atoms with Crippen molar-refractivity contribution in [2.75, 3.05) is 224 Å². The molecule has 2 unspecified atom stereocenters. The van der Waals surface area contributed by atoms with Gasteiger partial charge in [0.2, 0.25) is 90.4 Å². The Balaban J connectivity index is -0.000000341. The normalized spacial score (nSPS) is 14.1. The van der Waals surface area contributed by atoms with Gasteiger partial charge < -0.3 is 130 Å². The minimum Gasteiger partial charge on any atom is -0.481 e. The second-order valence-electron chi connectivity index (χ2n) is 32.9. The van der Waals surface area contributed by atoms with Crippen molar-refractivity contribution in [1.82, 2.24) is 82.5 Å². The first-order valence-electron chi connectivity index (χ1n) is 47.1. The highest BCUT2D eigenvalue weighted by molar-refractivity contribution is 7.78. The Hall–Kier alpha value is -8.34. The van der Waals surface area contributed by atoms with Crippen LogP contribution in [0.1, 0.15) is 236 Å². The zero-order valence-electron chi connectivity index (χ0n) is 82.4. The summed E-state index contributed by atoms with van der Waals surface area (Å²) < 4.78 is 52.8. The lowest BCUT2D eigenvalue weighted by atomic mass is 10.1. The van der Waals surface area contributed by atoms with E-state index >= 15 is 0 Å². The van der Waals surface area contributed by atoms with Crippen molar-refractivity contribution in [3.8, 4) is 12.1 Å². The van der Waals surface area contributed by atoms with E-state index in [0.29, 0.717) is 186 Å². The van der Waals surface area contributed by atoms with Gasteiger partial charge in [-0.2, -0.15) is 10.5 Å². The molecule has 14 N–H and O–H groups in total. The fourth-order valence-electron chi connectivity index (χ4n) is 12.4. The Morgan fingerprint density at radius 1 is 0.348 bits per heavy atom. The average molecular weight is 2080 g/mol. The summed E-state index contributed by atoms with van der Waals surface area (Å²) in [5.41, 5.74) is 0. The monoisotopic (exact) mass is 2080 g/mol. The SMILES string of the molecule is C.C.C.C.C.CC(C)N(C(C)C)P(Cl)OCCC#N.CC(C)N(C(C)C)P(OCCC#N)OCCOCCOCCNC(=O)CNC(=O)CNC(=O)CNC(=O)CCCCC(=O)N1CC[C@H](C)C1.CCC(=O)NCC(=O)NCC(=O)NCCOCCOCCO.C[C@H]1CCN(C(=O)CCCCC(=O)NCC(=O)NCC(=O)NCC(=O)NCCOCCOCCO)C1.C[C@H]1CCN(C(=O)CCCCC(=O)O)C1. The minimum absolute atomic E-state index is 0. The maximum absolute atomic E-state index is 12.1. The Morgan fingerprint density at radius 3 is 0.865 bits per heavy atom. The van der Waals surface area contributed by atoms with Crippen LogP contribution in [0.15, 0.2) is 0 Å². The first kappa shape index (κ1) is 146. The number of carboxylic acids is 1. The van der Waals surface area contributed by atoms with Crippen LogP contribution in [0.2, 0.25) is 0 Å². The van der Waals surface area contributed by atoms with Crippen molar-refractivity contribution in [3.63, 3.8) is 0 Å². The Bertz CT molecular complexity index is 3440. The first-order valence-corrected chi connectivity index (χ1v) is 50.3. The van der Waals surface area contributed by atoms with Gasteiger partial charge in [-0.3, -0.25) is 71.9 Å². The summed E-state index contributed by atoms with van der Waals surface area (Å²) >= 11 is 6.13. The van der Waals surface area contributed by atoms with E-state index in [4.69, 9.17) is 79.1 Å². The van der Waals surface area contributed by atoms with Gasteiger partial charge in [-0.15, -0.1) is 0 Å². The Kier molecular flexibility index (Phi) is 99.6. The Labute approximate surface area is 847 Å². The predicted molar refractivity (Wildman–Crippen MR) is 542 cm³/mol. The van der Waals surface area contributed by atoms with Crippen molar-refractivity contribution < 1.29 is 129 Å². The number of nitrogens with one attached hydrogen (secondary N) is 11. The number of amides is 14. The summed E-state index contributed by atoms with van der Waals surface area (Å²) in [4.78, 5) is 180. The second kappa shape index (κ2) is 96.4. The summed E-state index contributed by atoms with van der Waals surface area (Å²) in [6, 6.07) is 5.26. The third-order valence-electron chi connectivity index (χ3n) is 19.4. The first-order chi connectivity index (χ1) is 64.9. The number of likely N-dealkylation sites (tertiary alicyclic amines) is 3. The highest BCUT2D eigenvalue weighted by atomic mass is 35.7. The molecule has 0 aromatic rings. The quantitative estimate of drug-likeness (QED) is 0.0279. The average Bonchev–Trinajstić information content (AvgIpc) is 1.83. The maximum atomic E-state index is 12.1. The largest absolute Gasteiger partial charge is 0.481 e. The molecule has 5 atom stereocenters. The lowest BCUT2D eigenvalue weighted by molar-refractivity contribution is -0.137. The number of hydrogen-bond donors (Lipinski definition) is 14. The third-order valence-corrected chi connectivity index (χ3v) is 24.0.